The van der Waals surface area contributed by atoms with Crippen molar-refractivity contribution in [3.05, 3.63) is 35.5 Å². The second-order valence-electron chi connectivity index (χ2n) is 9.61. The van der Waals surface area contributed by atoms with Gasteiger partial charge in [0, 0.05) is 62.8 Å². The normalized spacial score (nSPS) is 19.7. The van der Waals surface area contributed by atoms with Crippen LogP contribution in [0.4, 0.5) is 14.6 Å². The van der Waals surface area contributed by atoms with Crippen molar-refractivity contribution < 1.29 is 23.4 Å². The molecular formula is C26H37F2N5O3. The quantitative estimate of drug-likeness (QED) is 0.482. The predicted octanol–water partition coefficient (Wildman–Crippen LogP) is 2.38. The van der Waals surface area contributed by atoms with Crippen LogP contribution in [0, 0.1) is 12.8 Å². The van der Waals surface area contributed by atoms with E-state index in [2.05, 4.69) is 17.1 Å². The number of anilines is 1. The van der Waals surface area contributed by atoms with Gasteiger partial charge in [0.05, 0.1) is 6.54 Å². The molecule has 3 heterocycles. The zero-order valence-corrected chi connectivity index (χ0v) is 21.1. The Labute approximate surface area is 211 Å². The average molecular weight is 506 g/mol. The molecule has 1 aromatic heterocycles. The first-order valence-electron chi connectivity index (χ1n) is 12.7. The summed E-state index contributed by atoms with van der Waals surface area (Å²) in [7, 11) is 1.78. The molecular weight excluding hydrogens is 468 g/mol. The van der Waals surface area contributed by atoms with E-state index in [1.807, 2.05) is 24.3 Å². The Morgan fingerprint density at radius 2 is 2.03 bits per heavy atom. The molecule has 0 saturated carbocycles. The number of likely N-dealkylation sites (N-methyl/N-ethyl adjacent to an activating group) is 1. The Balaban J connectivity index is 1.59. The molecule has 1 unspecified atom stereocenters. The van der Waals surface area contributed by atoms with E-state index in [0.29, 0.717) is 50.2 Å². The number of alkyl halides is 2. The third kappa shape index (κ3) is 7.09. The molecule has 2 aromatic rings. The molecule has 8 nitrogen and oxygen atoms in total. The molecule has 2 aliphatic rings. The summed E-state index contributed by atoms with van der Waals surface area (Å²) in [5.74, 6) is 2.53. The first-order valence-corrected chi connectivity index (χ1v) is 12.7. The molecule has 2 fully saturated rings. The van der Waals surface area contributed by atoms with Gasteiger partial charge in [-0.05, 0) is 44.9 Å². The van der Waals surface area contributed by atoms with Crippen molar-refractivity contribution in [2.45, 2.75) is 32.3 Å². The van der Waals surface area contributed by atoms with Crippen LogP contribution in [0.25, 0.3) is 11.4 Å². The van der Waals surface area contributed by atoms with E-state index in [0.717, 1.165) is 48.7 Å². The van der Waals surface area contributed by atoms with Gasteiger partial charge in [0.1, 0.15) is 24.3 Å². The lowest BCUT2D eigenvalue weighted by Gasteiger charge is -2.36. The molecule has 0 aliphatic carbocycles. The molecule has 0 spiro atoms. The van der Waals surface area contributed by atoms with Gasteiger partial charge in [-0.15, -0.1) is 0 Å². The number of piperazine rings is 1. The number of aromatic nitrogens is 2. The molecule has 0 amide bonds. The van der Waals surface area contributed by atoms with Crippen molar-refractivity contribution >= 4 is 5.82 Å². The van der Waals surface area contributed by atoms with Crippen LogP contribution >= 0.6 is 0 Å². The van der Waals surface area contributed by atoms with Crippen LogP contribution in [0.2, 0.25) is 0 Å². The lowest BCUT2D eigenvalue weighted by atomic mass is 9.99. The molecule has 2 saturated heterocycles. The highest BCUT2D eigenvalue weighted by Gasteiger charge is 2.25. The van der Waals surface area contributed by atoms with Crippen LogP contribution in [0.1, 0.15) is 17.7 Å². The first kappa shape index (κ1) is 26.7. The largest absolute Gasteiger partial charge is 0.491 e. The zero-order valence-electron chi connectivity index (χ0n) is 21.1. The minimum Gasteiger partial charge on any atom is -0.491 e. The number of hydrogen-bond donors (Lipinski definition) is 2. The maximum atomic E-state index is 12.8. The van der Waals surface area contributed by atoms with Gasteiger partial charge >= 0.3 is 0 Å². The lowest BCUT2D eigenvalue weighted by Crippen LogP contribution is -2.48. The summed E-state index contributed by atoms with van der Waals surface area (Å²) < 4.78 is 37.1. The standard InChI is InChI=1S/C26H37F2N5O3/c1-18-23(12-19-6-11-35-16-19)30-25(20-4-3-5-22(13-20)36-17-21(34)14-29-2)31-26(18)33-9-7-32(8-10-33)15-24(27)28/h3-5,13,19,21,24,29,34H,6-12,14-17H2,1-2H3/t19-,21?/m0/s1. The summed E-state index contributed by atoms with van der Waals surface area (Å²) in [6.07, 6.45) is -1.10. The summed E-state index contributed by atoms with van der Waals surface area (Å²) >= 11 is 0. The van der Waals surface area contributed by atoms with Crippen molar-refractivity contribution in [2.75, 3.05) is 71.0 Å². The monoisotopic (exact) mass is 505 g/mol. The number of nitrogens with one attached hydrogen (secondary N) is 1. The Kier molecular flexibility index (Phi) is 9.41. The summed E-state index contributed by atoms with van der Waals surface area (Å²) in [4.78, 5) is 13.9. The average Bonchev–Trinajstić information content (AvgIpc) is 3.38. The van der Waals surface area contributed by atoms with Gasteiger partial charge in [0.25, 0.3) is 6.43 Å². The Morgan fingerprint density at radius 3 is 2.72 bits per heavy atom. The molecule has 198 valence electrons. The van der Waals surface area contributed by atoms with Gasteiger partial charge in [0.15, 0.2) is 5.82 Å². The minimum atomic E-state index is -2.32. The minimum absolute atomic E-state index is 0.181. The van der Waals surface area contributed by atoms with Gasteiger partial charge in [0.2, 0.25) is 0 Å². The second-order valence-corrected chi connectivity index (χ2v) is 9.61. The number of hydrogen-bond acceptors (Lipinski definition) is 8. The van der Waals surface area contributed by atoms with E-state index >= 15 is 0 Å². The maximum absolute atomic E-state index is 12.8. The Hall–Kier alpha value is -2.40. The number of aliphatic hydroxyl groups is 1. The van der Waals surface area contributed by atoms with Gasteiger partial charge < -0.3 is 24.8 Å². The number of aliphatic hydroxyl groups excluding tert-OH is 1. The van der Waals surface area contributed by atoms with E-state index in [4.69, 9.17) is 19.4 Å². The molecule has 0 bridgehead atoms. The van der Waals surface area contributed by atoms with E-state index in [1.54, 1.807) is 11.9 Å². The number of halogens is 2. The highest BCUT2D eigenvalue weighted by atomic mass is 19.3. The molecule has 4 rings (SSSR count). The van der Waals surface area contributed by atoms with Gasteiger partial charge in [-0.25, -0.2) is 18.7 Å². The molecule has 2 aliphatic heterocycles. The summed E-state index contributed by atoms with van der Waals surface area (Å²) in [5, 5.41) is 12.9. The fourth-order valence-electron chi connectivity index (χ4n) is 4.75. The van der Waals surface area contributed by atoms with Crippen LogP contribution in [0.3, 0.4) is 0 Å². The summed E-state index contributed by atoms with van der Waals surface area (Å²) in [6.45, 7) is 6.44. The Morgan fingerprint density at radius 1 is 1.22 bits per heavy atom. The van der Waals surface area contributed by atoms with Crippen molar-refractivity contribution in [2.24, 2.45) is 5.92 Å². The van der Waals surface area contributed by atoms with Gasteiger partial charge in [-0.3, -0.25) is 4.90 Å². The lowest BCUT2D eigenvalue weighted by molar-refractivity contribution is 0.0853. The smallest absolute Gasteiger partial charge is 0.251 e. The fraction of sp³-hybridized carbons (Fsp3) is 0.615. The van der Waals surface area contributed by atoms with Gasteiger partial charge in [-0.1, -0.05) is 12.1 Å². The predicted molar refractivity (Wildman–Crippen MR) is 135 cm³/mol. The van der Waals surface area contributed by atoms with E-state index < -0.39 is 12.5 Å². The molecule has 2 atom stereocenters. The third-order valence-electron chi connectivity index (χ3n) is 6.77. The van der Waals surface area contributed by atoms with Crippen molar-refractivity contribution in [3.8, 4) is 17.1 Å². The van der Waals surface area contributed by atoms with Crippen molar-refractivity contribution in [1.29, 1.82) is 0 Å². The van der Waals surface area contributed by atoms with Crippen LogP contribution in [-0.2, 0) is 11.2 Å². The van der Waals surface area contributed by atoms with Crippen molar-refractivity contribution in [1.82, 2.24) is 20.2 Å². The number of ether oxygens (including phenoxy) is 2. The number of benzene rings is 1. The highest BCUT2D eigenvalue weighted by molar-refractivity contribution is 5.62. The SMILES string of the molecule is CNCC(O)COc1cccc(-c2nc(C[C@@H]3CCOC3)c(C)c(N3CCN(CC(F)F)CC3)n2)c1. The van der Waals surface area contributed by atoms with Crippen LogP contribution in [-0.4, -0.2) is 98.6 Å². The van der Waals surface area contributed by atoms with Crippen LogP contribution in [0.15, 0.2) is 24.3 Å². The number of nitrogens with zero attached hydrogens (tertiary/aromatic N) is 4. The van der Waals surface area contributed by atoms with Gasteiger partial charge in [-0.2, -0.15) is 0 Å². The molecule has 10 heteroatoms. The summed E-state index contributed by atoms with van der Waals surface area (Å²) in [6, 6.07) is 7.59. The highest BCUT2D eigenvalue weighted by Crippen LogP contribution is 2.30. The first-order chi connectivity index (χ1) is 17.4. The molecule has 2 N–H and O–H groups in total. The van der Waals surface area contributed by atoms with E-state index in [-0.39, 0.29) is 13.2 Å². The number of rotatable bonds is 11. The fourth-order valence-corrected chi connectivity index (χ4v) is 4.75. The molecule has 36 heavy (non-hydrogen) atoms. The topological polar surface area (TPSA) is 83.0 Å². The Bertz CT molecular complexity index is 982. The van der Waals surface area contributed by atoms with Crippen LogP contribution < -0.4 is 15.0 Å². The maximum Gasteiger partial charge on any atom is 0.251 e. The van der Waals surface area contributed by atoms with E-state index in [9.17, 15) is 13.9 Å². The summed E-state index contributed by atoms with van der Waals surface area (Å²) in [5.41, 5.74) is 2.86. The van der Waals surface area contributed by atoms with Crippen LogP contribution in [0.5, 0.6) is 5.75 Å². The van der Waals surface area contributed by atoms with E-state index in [1.165, 1.54) is 0 Å². The zero-order chi connectivity index (χ0) is 25.5. The molecule has 0 radical (unpaired) electrons. The second kappa shape index (κ2) is 12.7. The molecule has 1 aromatic carbocycles. The van der Waals surface area contributed by atoms with Crippen molar-refractivity contribution in [3.63, 3.8) is 0 Å². The third-order valence-corrected chi connectivity index (χ3v) is 6.77.